The van der Waals surface area contributed by atoms with Gasteiger partial charge in [0.1, 0.15) is 4.90 Å². The summed E-state index contributed by atoms with van der Waals surface area (Å²) in [6.07, 6.45) is 1.12. The Kier molecular flexibility index (Phi) is 4.48. The lowest BCUT2D eigenvalue weighted by Gasteiger charge is -2.04. The Morgan fingerprint density at radius 3 is 2.78 bits per heavy atom. The zero-order valence-electron chi connectivity index (χ0n) is 10.4. The molecule has 2 atom stereocenters. The summed E-state index contributed by atoms with van der Waals surface area (Å²) in [5.41, 5.74) is 0. The molecule has 0 spiro atoms. The van der Waals surface area contributed by atoms with Crippen molar-refractivity contribution in [2.75, 3.05) is 13.6 Å². The smallest absolute Gasteiger partial charge is 0.242 e. The van der Waals surface area contributed by atoms with Crippen molar-refractivity contribution in [3.63, 3.8) is 0 Å². The van der Waals surface area contributed by atoms with Crippen LogP contribution in [-0.2, 0) is 16.6 Å². The molecule has 1 aliphatic carbocycles. The minimum atomic E-state index is -3.38. The van der Waals surface area contributed by atoms with Gasteiger partial charge in [0.15, 0.2) is 0 Å². The third kappa shape index (κ3) is 3.33. The number of nitrogens with one attached hydrogen (secondary N) is 2. The molecule has 1 heterocycles. The third-order valence-electron chi connectivity index (χ3n) is 3.16. The Bertz CT molecular complexity index is 527. The molecule has 0 saturated heterocycles. The zero-order chi connectivity index (χ0) is 13.3. The van der Waals surface area contributed by atoms with Crippen LogP contribution in [0.2, 0.25) is 0 Å². The quantitative estimate of drug-likeness (QED) is 0.824. The summed E-state index contributed by atoms with van der Waals surface area (Å²) in [6.45, 7) is 3.37. The van der Waals surface area contributed by atoms with Crippen molar-refractivity contribution >= 4 is 37.3 Å². The van der Waals surface area contributed by atoms with E-state index in [0.717, 1.165) is 11.3 Å². The summed E-state index contributed by atoms with van der Waals surface area (Å²) < 4.78 is 27.7. The van der Waals surface area contributed by atoms with Gasteiger partial charge < -0.3 is 5.32 Å². The first kappa shape index (κ1) is 14.5. The van der Waals surface area contributed by atoms with Crippen molar-refractivity contribution in [1.29, 1.82) is 0 Å². The van der Waals surface area contributed by atoms with Gasteiger partial charge in [0.2, 0.25) is 10.0 Å². The van der Waals surface area contributed by atoms with E-state index < -0.39 is 10.0 Å². The maximum absolute atomic E-state index is 12.2. The molecule has 1 saturated carbocycles. The lowest BCUT2D eigenvalue weighted by Crippen LogP contribution is -2.26. The number of halogens is 1. The van der Waals surface area contributed by atoms with Crippen LogP contribution >= 0.6 is 27.3 Å². The zero-order valence-corrected chi connectivity index (χ0v) is 13.6. The molecule has 7 heteroatoms. The van der Waals surface area contributed by atoms with Crippen LogP contribution in [0.5, 0.6) is 0 Å². The number of thiophene rings is 1. The second-order valence-corrected chi connectivity index (χ2v) is 8.90. The molecule has 0 aliphatic heterocycles. The highest BCUT2D eigenvalue weighted by molar-refractivity contribution is 9.11. The van der Waals surface area contributed by atoms with Gasteiger partial charge in [-0.1, -0.05) is 6.92 Å². The molecule has 2 N–H and O–H groups in total. The highest BCUT2D eigenvalue weighted by atomic mass is 79.9. The molecule has 18 heavy (non-hydrogen) atoms. The van der Waals surface area contributed by atoms with Crippen LogP contribution in [0.25, 0.3) is 0 Å². The highest BCUT2D eigenvalue weighted by Crippen LogP contribution is 2.37. The van der Waals surface area contributed by atoms with E-state index in [2.05, 4.69) is 32.9 Å². The number of hydrogen-bond donors (Lipinski definition) is 2. The van der Waals surface area contributed by atoms with Crippen molar-refractivity contribution in [2.24, 2.45) is 11.8 Å². The van der Waals surface area contributed by atoms with Crippen molar-refractivity contribution in [3.05, 3.63) is 14.7 Å². The molecule has 0 amide bonds. The first-order valence-electron chi connectivity index (χ1n) is 5.86. The molecule has 2 unspecified atom stereocenters. The van der Waals surface area contributed by atoms with Gasteiger partial charge in [0.05, 0.1) is 3.79 Å². The van der Waals surface area contributed by atoms with Gasteiger partial charge in [-0.2, -0.15) is 0 Å². The first-order valence-corrected chi connectivity index (χ1v) is 8.95. The second kappa shape index (κ2) is 5.58. The van der Waals surface area contributed by atoms with Crippen molar-refractivity contribution < 1.29 is 8.42 Å². The van der Waals surface area contributed by atoms with Gasteiger partial charge in [-0.15, -0.1) is 11.3 Å². The molecule has 2 rings (SSSR count). The van der Waals surface area contributed by atoms with E-state index in [-0.39, 0.29) is 0 Å². The van der Waals surface area contributed by atoms with Crippen LogP contribution in [0, 0.1) is 11.8 Å². The van der Waals surface area contributed by atoms with Gasteiger partial charge in [-0.3, -0.25) is 0 Å². The average Bonchev–Trinajstić information content (AvgIpc) is 2.86. The van der Waals surface area contributed by atoms with Gasteiger partial charge in [-0.25, -0.2) is 13.1 Å². The third-order valence-corrected chi connectivity index (χ3v) is 6.83. The van der Waals surface area contributed by atoms with Crippen LogP contribution in [0.3, 0.4) is 0 Å². The Labute approximate surface area is 120 Å². The second-order valence-electron chi connectivity index (χ2n) is 4.71. The average molecular weight is 353 g/mol. The van der Waals surface area contributed by atoms with Crippen LogP contribution < -0.4 is 10.0 Å². The maximum Gasteiger partial charge on any atom is 0.242 e. The minimum absolute atomic E-state index is 0.353. The molecule has 102 valence electrons. The molecule has 1 fully saturated rings. The molecule has 0 bridgehead atoms. The predicted octanol–water partition coefficient (Wildman–Crippen LogP) is 2.16. The Morgan fingerprint density at radius 1 is 1.56 bits per heavy atom. The summed E-state index contributed by atoms with van der Waals surface area (Å²) in [7, 11) is -1.54. The number of rotatable bonds is 6. The maximum atomic E-state index is 12.2. The van der Waals surface area contributed by atoms with Crippen molar-refractivity contribution in [1.82, 2.24) is 10.0 Å². The summed E-state index contributed by atoms with van der Waals surface area (Å²) >= 11 is 4.78. The predicted molar refractivity (Wildman–Crippen MR) is 77.2 cm³/mol. The molecule has 0 aromatic carbocycles. The van der Waals surface area contributed by atoms with Crippen molar-refractivity contribution in [2.45, 2.75) is 24.8 Å². The molecular formula is C11H17BrN2O2S2. The van der Waals surface area contributed by atoms with E-state index in [1.165, 1.54) is 11.3 Å². The van der Waals surface area contributed by atoms with Crippen LogP contribution in [-0.4, -0.2) is 22.0 Å². The first-order chi connectivity index (χ1) is 8.44. The van der Waals surface area contributed by atoms with E-state index in [4.69, 9.17) is 0 Å². The lowest BCUT2D eigenvalue weighted by atomic mass is 10.3. The Hall–Kier alpha value is 0.0500. The molecule has 0 radical (unpaired) electrons. The molecule has 1 aliphatic rings. The van der Waals surface area contributed by atoms with Crippen LogP contribution in [0.1, 0.15) is 18.2 Å². The van der Waals surface area contributed by atoms with Gasteiger partial charge >= 0.3 is 0 Å². The van der Waals surface area contributed by atoms with Crippen LogP contribution in [0.15, 0.2) is 14.7 Å². The minimum Gasteiger partial charge on any atom is -0.315 e. The topological polar surface area (TPSA) is 58.2 Å². The molecule has 1 aromatic heterocycles. The summed E-state index contributed by atoms with van der Waals surface area (Å²) in [4.78, 5) is 1.36. The van der Waals surface area contributed by atoms with Gasteiger partial charge in [0.25, 0.3) is 0 Å². The fraction of sp³-hybridized carbons (Fsp3) is 0.636. The fourth-order valence-corrected chi connectivity index (χ4v) is 5.61. The van der Waals surface area contributed by atoms with E-state index in [1.807, 2.05) is 7.05 Å². The van der Waals surface area contributed by atoms with E-state index in [0.29, 0.717) is 33.6 Å². The largest absolute Gasteiger partial charge is 0.315 e. The van der Waals surface area contributed by atoms with Crippen molar-refractivity contribution in [3.8, 4) is 0 Å². The molecular weight excluding hydrogens is 336 g/mol. The Balaban J connectivity index is 2.08. The van der Waals surface area contributed by atoms with Gasteiger partial charge in [-0.05, 0) is 47.3 Å². The highest BCUT2D eigenvalue weighted by Gasteiger charge is 2.33. The number of hydrogen-bond acceptors (Lipinski definition) is 4. The standard InChI is InChI=1S/C11H17BrN2O2S2/c1-7-3-8(7)5-14-18(15,16)10-4-9(6-13-2)17-11(10)12/h4,7-8,13-14H,3,5-6H2,1-2H3. The Morgan fingerprint density at radius 2 is 2.22 bits per heavy atom. The van der Waals surface area contributed by atoms with Crippen LogP contribution in [0.4, 0.5) is 0 Å². The molecule has 1 aromatic rings. The summed E-state index contributed by atoms with van der Waals surface area (Å²) in [5, 5.41) is 3.02. The summed E-state index contributed by atoms with van der Waals surface area (Å²) in [5.74, 6) is 1.16. The fourth-order valence-electron chi connectivity index (χ4n) is 1.82. The monoisotopic (exact) mass is 352 g/mol. The SMILES string of the molecule is CNCc1cc(S(=O)(=O)NCC2CC2C)c(Br)s1. The molecule has 4 nitrogen and oxygen atoms in total. The number of sulfonamides is 1. The summed E-state index contributed by atoms with van der Waals surface area (Å²) in [6, 6.07) is 1.73. The van der Waals surface area contributed by atoms with E-state index in [9.17, 15) is 8.42 Å². The normalized spacial score (nSPS) is 23.3. The lowest BCUT2D eigenvalue weighted by molar-refractivity contribution is 0.574. The van der Waals surface area contributed by atoms with E-state index >= 15 is 0 Å². The van der Waals surface area contributed by atoms with E-state index in [1.54, 1.807) is 6.07 Å². The van der Waals surface area contributed by atoms with Gasteiger partial charge in [0, 0.05) is 18.0 Å².